The Balaban J connectivity index is 1.47. The van der Waals surface area contributed by atoms with Crippen LogP contribution in [0, 0.1) is 0 Å². The van der Waals surface area contributed by atoms with Gasteiger partial charge in [0.1, 0.15) is 12.1 Å². The van der Waals surface area contributed by atoms with Gasteiger partial charge in [-0.2, -0.15) is 5.10 Å². The minimum Gasteiger partial charge on any atom is -0.271 e. The Morgan fingerprint density at radius 3 is 2.80 bits per heavy atom. The molecule has 122 valence electrons. The minimum atomic E-state index is -0.257. The van der Waals surface area contributed by atoms with Gasteiger partial charge < -0.3 is 0 Å². The number of hydrogen-bond acceptors (Lipinski definition) is 4. The zero-order chi connectivity index (χ0) is 17.1. The third-order valence-electron chi connectivity index (χ3n) is 3.93. The van der Waals surface area contributed by atoms with Gasteiger partial charge in [-0.1, -0.05) is 59.8 Å². The third-order valence-corrected chi connectivity index (χ3v) is 3.93. The Morgan fingerprint density at radius 1 is 1.04 bits per heavy atom. The van der Waals surface area contributed by atoms with Crippen molar-refractivity contribution < 1.29 is 4.79 Å². The van der Waals surface area contributed by atoms with E-state index in [0.29, 0.717) is 0 Å². The zero-order valence-corrected chi connectivity index (χ0v) is 13.3. The van der Waals surface area contributed by atoms with Crippen molar-refractivity contribution >= 4 is 33.9 Å². The van der Waals surface area contributed by atoms with Crippen molar-refractivity contribution in [2.75, 3.05) is 0 Å². The van der Waals surface area contributed by atoms with Gasteiger partial charge in [0.25, 0.3) is 5.91 Å². The van der Waals surface area contributed by atoms with Crippen molar-refractivity contribution in [1.29, 1.82) is 0 Å². The number of hydrogen-bond donors (Lipinski definition) is 1. The van der Waals surface area contributed by atoms with Crippen molar-refractivity contribution in [3.8, 4) is 0 Å². The summed E-state index contributed by atoms with van der Waals surface area (Å²) >= 11 is 0. The molecule has 3 aromatic carbocycles. The fraction of sp³-hybridized carbons (Fsp3) is 0.0526. The quantitative estimate of drug-likeness (QED) is 0.462. The Kier molecular flexibility index (Phi) is 3.92. The van der Waals surface area contributed by atoms with Crippen LogP contribution in [-0.2, 0) is 11.3 Å². The number of carbonyl (C=O) groups excluding carboxylic acids is 1. The van der Waals surface area contributed by atoms with Gasteiger partial charge in [0.2, 0.25) is 0 Å². The van der Waals surface area contributed by atoms with Crippen LogP contribution in [0.2, 0.25) is 0 Å². The van der Waals surface area contributed by atoms with Crippen LogP contribution in [0.25, 0.3) is 21.8 Å². The summed E-state index contributed by atoms with van der Waals surface area (Å²) in [6, 6.07) is 21.5. The summed E-state index contributed by atoms with van der Waals surface area (Å²) in [6.07, 6.45) is 1.65. The fourth-order valence-corrected chi connectivity index (χ4v) is 2.74. The Bertz CT molecular complexity index is 1080. The van der Waals surface area contributed by atoms with Gasteiger partial charge in [0.15, 0.2) is 0 Å². The van der Waals surface area contributed by atoms with E-state index in [0.717, 1.165) is 27.4 Å². The van der Waals surface area contributed by atoms with E-state index >= 15 is 0 Å². The SMILES string of the molecule is O=C(Cn1nnc2ccccc21)NN=Cc1cccc2ccccc12. The van der Waals surface area contributed by atoms with Crippen molar-refractivity contribution in [3.05, 3.63) is 72.3 Å². The van der Waals surface area contributed by atoms with Crippen LogP contribution < -0.4 is 5.43 Å². The first-order valence-corrected chi connectivity index (χ1v) is 7.89. The summed E-state index contributed by atoms with van der Waals surface area (Å²) < 4.78 is 1.55. The molecule has 6 nitrogen and oxygen atoms in total. The highest BCUT2D eigenvalue weighted by atomic mass is 16.2. The van der Waals surface area contributed by atoms with Gasteiger partial charge in [-0.3, -0.25) is 4.79 Å². The van der Waals surface area contributed by atoms with Gasteiger partial charge in [-0.15, -0.1) is 5.10 Å². The molecule has 6 heteroatoms. The second kappa shape index (κ2) is 6.52. The number of amides is 1. The van der Waals surface area contributed by atoms with E-state index in [9.17, 15) is 4.79 Å². The lowest BCUT2D eigenvalue weighted by Crippen LogP contribution is -2.23. The summed E-state index contributed by atoms with van der Waals surface area (Å²) in [4.78, 5) is 12.1. The van der Waals surface area contributed by atoms with E-state index in [1.165, 1.54) is 0 Å². The second-order valence-corrected chi connectivity index (χ2v) is 5.60. The molecule has 0 aliphatic carbocycles. The van der Waals surface area contributed by atoms with Crippen LogP contribution in [0.3, 0.4) is 0 Å². The predicted molar refractivity (Wildman–Crippen MR) is 97.2 cm³/mol. The molecule has 0 bridgehead atoms. The lowest BCUT2D eigenvalue weighted by molar-refractivity contribution is -0.121. The second-order valence-electron chi connectivity index (χ2n) is 5.60. The molecule has 4 rings (SSSR count). The third kappa shape index (κ3) is 3.10. The summed E-state index contributed by atoms with van der Waals surface area (Å²) in [5, 5.41) is 14.3. The summed E-state index contributed by atoms with van der Waals surface area (Å²) in [5.41, 5.74) is 5.06. The van der Waals surface area contributed by atoms with Crippen LogP contribution in [-0.4, -0.2) is 27.1 Å². The van der Waals surface area contributed by atoms with Crippen molar-refractivity contribution in [2.45, 2.75) is 6.54 Å². The molecule has 0 radical (unpaired) electrons. The standard InChI is InChI=1S/C19H15N5O/c25-19(13-24-18-11-4-3-10-17(18)21-23-24)22-20-12-15-8-5-7-14-6-1-2-9-16(14)15/h1-12H,13H2,(H,22,25). The molecule has 1 heterocycles. The molecule has 4 aromatic rings. The van der Waals surface area contributed by atoms with Crippen LogP contribution >= 0.6 is 0 Å². The van der Waals surface area contributed by atoms with E-state index in [1.54, 1.807) is 10.9 Å². The zero-order valence-electron chi connectivity index (χ0n) is 13.3. The molecule has 0 fully saturated rings. The number of fused-ring (bicyclic) bond motifs is 2. The number of rotatable bonds is 4. The highest BCUT2D eigenvalue weighted by Gasteiger charge is 2.07. The molecule has 0 spiro atoms. The fourth-order valence-electron chi connectivity index (χ4n) is 2.74. The van der Waals surface area contributed by atoms with Gasteiger partial charge in [-0.25, -0.2) is 10.1 Å². The van der Waals surface area contributed by atoms with E-state index in [1.807, 2.05) is 66.7 Å². The molecule has 25 heavy (non-hydrogen) atoms. The van der Waals surface area contributed by atoms with Crippen LogP contribution in [0.15, 0.2) is 71.8 Å². The molecule has 1 aromatic heterocycles. The van der Waals surface area contributed by atoms with Crippen molar-refractivity contribution in [2.24, 2.45) is 5.10 Å². The van der Waals surface area contributed by atoms with E-state index < -0.39 is 0 Å². The van der Waals surface area contributed by atoms with E-state index in [4.69, 9.17) is 0 Å². The van der Waals surface area contributed by atoms with Crippen LogP contribution in [0.4, 0.5) is 0 Å². The maximum Gasteiger partial charge on any atom is 0.261 e. The smallest absolute Gasteiger partial charge is 0.261 e. The Morgan fingerprint density at radius 2 is 1.84 bits per heavy atom. The predicted octanol–water partition coefficient (Wildman–Crippen LogP) is 2.73. The number of aromatic nitrogens is 3. The summed E-state index contributed by atoms with van der Waals surface area (Å²) in [6.45, 7) is 0.0629. The first kappa shape index (κ1) is 15.0. The molecule has 0 unspecified atom stereocenters. The van der Waals surface area contributed by atoms with Gasteiger partial charge in [0.05, 0.1) is 11.7 Å². The lowest BCUT2D eigenvalue weighted by Gasteiger charge is -2.03. The molecular weight excluding hydrogens is 314 g/mol. The topological polar surface area (TPSA) is 72.2 Å². The van der Waals surface area contributed by atoms with Gasteiger partial charge in [-0.05, 0) is 22.9 Å². The van der Waals surface area contributed by atoms with Crippen molar-refractivity contribution in [3.63, 3.8) is 0 Å². The number of hydrazone groups is 1. The number of para-hydroxylation sites is 1. The Hall–Kier alpha value is -3.54. The van der Waals surface area contributed by atoms with Crippen molar-refractivity contribution in [1.82, 2.24) is 20.4 Å². The molecule has 1 amide bonds. The number of nitrogens with one attached hydrogen (secondary N) is 1. The molecule has 0 saturated heterocycles. The first-order valence-electron chi connectivity index (χ1n) is 7.89. The Labute approximate surface area is 143 Å². The van der Waals surface area contributed by atoms with Crippen LogP contribution in [0.1, 0.15) is 5.56 Å². The normalized spacial score (nSPS) is 11.4. The van der Waals surface area contributed by atoms with Gasteiger partial charge in [0, 0.05) is 5.56 Å². The molecule has 1 N–H and O–H groups in total. The number of nitrogens with zero attached hydrogens (tertiary/aromatic N) is 4. The minimum absolute atomic E-state index is 0.0629. The summed E-state index contributed by atoms with van der Waals surface area (Å²) in [5.74, 6) is -0.257. The molecule has 0 aliphatic rings. The van der Waals surface area contributed by atoms with E-state index in [2.05, 4.69) is 20.8 Å². The molecule has 0 aliphatic heterocycles. The van der Waals surface area contributed by atoms with E-state index in [-0.39, 0.29) is 12.5 Å². The number of benzene rings is 3. The molecular formula is C19H15N5O. The first-order chi connectivity index (χ1) is 12.3. The summed E-state index contributed by atoms with van der Waals surface area (Å²) in [7, 11) is 0. The monoisotopic (exact) mass is 329 g/mol. The highest BCUT2D eigenvalue weighted by molar-refractivity contribution is 5.99. The maximum absolute atomic E-state index is 12.1. The van der Waals surface area contributed by atoms with Gasteiger partial charge >= 0.3 is 0 Å². The average Bonchev–Trinajstić information content (AvgIpc) is 3.05. The highest BCUT2D eigenvalue weighted by Crippen LogP contribution is 2.16. The molecule has 0 saturated carbocycles. The maximum atomic E-state index is 12.1. The average molecular weight is 329 g/mol. The lowest BCUT2D eigenvalue weighted by atomic mass is 10.1. The van der Waals surface area contributed by atoms with Crippen LogP contribution in [0.5, 0.6) is 0 Å². The molecule has 0 atom stereocenters. The largest absolute Gasteiger partial charge is 0.271 e. The number of carbonyl (C=O) groups is 1.